The Morgan fingerprint density at radius 2 is 1.88 bits per heavy atom. The third kappa shape index (κ3) is 5.19. The molecular formula is C19H32N2O4. The number of nitrogens with zero attached hydrogens (tertiary/aromatic N) is 2. The lowest BCUT2D eigenvalue weighted by Gasteiger charge is -2.39. The highest BCUT2D eigenvalue weighted by molar-refractivity contribution is 5.85. The first-order valence-electron chi connectivity index (χ1n) is 9.45. The van der Waals surface area contributed by atoms with E-state index < -0.39 is 11.9 Å². The van der Waals surface area contributed by atoms with Gasteiger partial charge in [0, 0.05) is 26.6 Å². The minimum atomic E-state index is -0.846. The molecule has 2 fully saturated rings. The van der Waals surface area contributed by atoms with Crippen LogP contribution in [0.3, 0.4) is 0 Å². The van der Waals surface area contributed by atoms with Crippen molar-refractivity contribution in [2.45, 2.75) is 58.8 Å². The Morgan fingerprint density at radius 3 is 2.52 bits per heavy atom. The van der Waals surface area contributed by atoms with Crippen molar-refractivity contribution in [2.24, 2.45) is 17.3 Å². The molecule has 0 aromatic carbocycles. The minimum absolute atomic E-state index is 0.0140. The van der Waals surface area contributed by atoms with Gasteiger partial charge >= 0.3 is 5.97 Å². The molecule has 2 rings (SSSR count). The predicted octanol–water partition coefficient (Wildman–Crippen LogP) is 2.37. The van der Waals surface area contributed by atoms with E-state index in [1.165, 1.54) is 17.7 Å². The van der Waals surface area contributed by atoms with Crippen LogP contribution < -0.4 is 0 Å². The molecule has 1 aliphatic heterocycles. The second-order valence-electron chi connectivity index (χ2n) is 8.40. The maximum absolute atomic E-state index is 12.6. The summed E-state index contributed by atoms with van der Waals surface area (Å²) in [6.45, 7) is 5.34. The average Bonchev–Trinajstić information content (AvgIpc) is 2.56. The van der Waals surface area contributed by atoms with Crippen LogP contribution >= 0.6 is 0 Å². The summed E-state index contributed by atoms with van der Waals surface area (Å²) in [6.07, 6.45) is 6.45. The summed E-state index contributed by atoms with van der Waals surface area (Å²) < 4.78 is 0. The molecule has 0 aromatic rings. The van der Waals surface area contributed by atoms with E-state index in [0.717, 1.165) is 12.8 Å². The lowest BCUT2D eigenvalue weighted by Crippen LogP contribution is -2.47. The zero-order chi connectivity index (χ0) is 18.6. The van der Waals surface area contributed by atoms with Crippen molar-refractivity contribution >= 4 is 17.8 Å². The molecule has 1 saturated heterocycles. The molecule has 6 heteroatoms. The first kappa shape index (κ1) is 19.7. The number of hydrogen-bond acceptors (Lipinski definition) is 3. The van der Waals surface area contributed by atoms with Crippen LogP contribution in [-0.2, 0) is 14.4 Å². The van der Waals surface area contributed by atoms with E-state index in [4.69, 9.17) is 5.11 Å². The predicted molar refractivity (Wildman–Crippen MR) is 94.9 cm³/mol. The molecule has 1 saturated carbocycles. The number of carboxylic acid groups (broad SMARTS) is 1. The van der Waals surface area contributed by atoms with E-state index in [1.807, 2.05) is 0 Å². The average molecular weight is 352 g/mol. The number of hydrogen-bond donors (Lipinski definition) is 1. The van der Waals surface area contributed by atoms with Gasteiger partial charge in [-0.3, -0.25) is 14.4 Å². The van der Waals surface area contributed by atoms with Crippen LogP contribution in [0.2, 0.25) is 0 Å². The molecule has 0 aromatic heterocycles. The highest BCUT2D eigenvalue weighted by Gasteiger charge is 2.35. The third-order valence-electron chi connectivity index (χ3n) is 6.07. The van der Waals surface area contributed by atoms with Crippen molar-refractivity contribution < 1.29 is 19.5 Å². The molecular weight excluding hydrogens is 320 g/mol. The standard InChI is InChI=1S/C19H32N2O4/c1-19(2)9-5-4-8-15(19)11-16(22)20(3)13-17(23)21-10-6-7-14(12-21)18(24)25/h14-15H,4-13H2,1-3H3,(H,24,25). The number of carbonyl (C=O) groups is 3. The number of aliphatic carboxylic acids is 1. The van der Waals surface area contributed by atoms with Crippen molar-refractivity contribution in [1.29, 1.82) is 0 Å². The maximum Gasteiger partial charge on any atom is 0.308 e. The van der Waals surface area contributed by atoms with Crippen LogP contribution in [0.4, 0.5) is 0 Å². The van der Waals surface area contributed by atoms with Crippen molar-refractivity contribution in [3.05, 3.63) is 0 Å². The minimum Gasteiger partial charge on any atom is -0.481 e. The Balaban J connectivity index is 1.85. The largest absolute Gasteiger partial charge is 0.481 e. The van der Waals surface area contributed by atoms with Gasteiger partial charge in [-0.2, -0.15) is 0 Å². The van der Waals surface area contributed by atoms with Gasteiger partial charge in [0.05, 0.1) is 12.5 Å². The quantitative estimate of drug-likeness (QED) is 0.824. The summed E-state index contributed by atoms with van der Waals surface area (Å²) in [6, 6.07) is 0. The SMILES string of the molecule is CN(CC(=O)N1CCCC(C(=O)O)C1)C(=O)CC1CCCCC1(C)C. The lowest BCUT2D eigenvalue weighted by atomic mass is 9.67. The van der Waals surface area contributed by atoms with Gasteiger partial charge in [0.15, 0.2) is 0 Å². The van der Waals surface area contributed by atoms with Crippen LogP contribution in [0.25, 0.3) is 0 Å². The van der Waals surface area contributed by atoms with Crippen molar-refractivity contribution in [2.75, 3.05) is 26.7 Å². The van der Waals surface area contributed by atoms with Gasteiger partial charge in [0.2, 0.25) is 11.8 Å². The number of likely N-dealkylation sites (N-methyl/N-ethyl adjacent to an activating group) is 1. The van der Waals surface area contributed by atoms with E-state index in [1.54, 1.807) is 11.9 Å². The fraction of sp³-hybridized carbons (Fsp3) is 0.842. The third-order valence-corrected chi connectivity index (χ3v) is 6.07. The van der Waals surface area contributed by atoms with Crippen LogP contribution in [-0.4, -0.2) is 59.4 Å². The molecule has 0 radical (unpaired) electrons. The Hall–Kier alpha value is -1.59. The second-order valence-corrected chi connectivity index (χ2v) is 8.40. The molecule has 0 spiro atoms. The summed E-state index contributed by atoms with van der Waals surface area (Å²) in [5.41, 5.74) is 0.181. The monoisotopic (exact) mass is 352 g/mol. The van der Waals surface area contributed by atoms with Gasteiger partial charge in [-0.05, 0) is 37.0 Å². The first-order chi connectivity index (χ1) is 11.7. The molecule has 1 N–H and O–H groups in total. The smallest absolute Gasteiger partial charge is 0.308 e. The molecule has 1 aliphatic carbocycles. The number of piperidine rings is 1. The molecule has 2 unspecified atom stereocenters. The fourth-order valence-corrected chi connectivity index (χ4v) is 4.11. The zero-order valence-corrected chi connectivity index (χ0v) is 15.8. The molecule has 142 valence electrons. The van der Waals surface area contributed by atoms with E-state index in [9.17, 15) is 14.4 Å². The van der Waals surface area contributed by atoms with Crippen LogP contribution in [0.5, 0.6) is 0 Å². The van der Waals surface area contributed by atoms with Crippen molar-refractivity contribution in [3.8, 4) is 0 Å². The Kier molecular flexibility index (Phi) is 6.47. The normalized spacial score (nSPS) is 26.1. The highest BCUT2D eigenvalue weighted by atomic mass is 16.4. The summed E-state index contributed by atoms with van der Waals surface area (Å²) in [7, 11) is 1.68. The number of rotatable bonds is 5. The summed E-state index contributed by atoms with van der Waals surface area (Å²) in [4.78, 5) is 39.2. The van der Waals surface area contributed by atoms with Gasteiger partial charge in [0.1, 0.15) is 0 Å². The molecule has 2 amide bonds. The Labute approximate surface area is 150 Å². The molecule has 1 heterocycles. The van der Waals surface area contributed by atoms with Gasteiger partial charge < -0.3 is 14.9 Å². The van der Waals surface area contributed by atoms with E-state index in [0.29, 0.717) is 31.7 Å². The van der Waals surface area contributed by atoms with E-state index in [2.05, 4.69) is 13.8 Å². The van der Waals surface area contributed by atoms with E-state index in [-0.39, 0.29) is 30.3 Å². The van der Waals surface area contributed by atoms with Gasteiger partial charge in [-0.1, -0.05) is 26.7 Å². The van der Waals surface area contributed by atoms with Crippen molar-refractivity contribution in [1.82, 2.24) is 9.80 Å². The topological polar surface area (TPSA) is 77.9 Å². The number of likely N-dealkylation sites (tertiary alicyclic amines) is 1. The lowest BCUT2D eigenvalue weighted by molar-refractivity contribution is -0.147. The Morgan fingerprint density at radius 1 is 1.16 bits per heavy atom. The number of carboxylic acids is 1. The zero-order valence-electron chi connectivity index (χ0n) is 15.8. The second kappa shape index (κ2) is 8.19. The summed E-state index contributed by atoms with van der Waals surface area (Å²) in [5.74, 6) is -1.09. The maximum atomic E-state index is 12.6. The molecule has 2 aliphatic rings. The van der Waals surface area contributed by atoms with Gasteiger partial charge in [-0.25, -0.2) is 0 Å². The summed E-state index contributed by atoms with van der Waals surface area (Å²) >= 11 is 0. The number of amides is 2. The summed E-state index contributed by atoms with van der Waals surface area (Å²) in [5, 5.41) is 9.14. The molecule has 6 nitrogen and oxygen atoms in total. The fourth-order valence-electron chi connectivity index (χ4n) is 4.11. The highest BCUT2D eigenvalue weighted by Crippen LogP contribution is 2.42. The number of carbonyl (C=O) groups excluding carboxylic acids is 2. The first-order valence-corrected chi connectivity index (χ1v) is 9.45. The van der Waals surface area contributed by atoms with Crippen LogP contribution in [0.1, 0.15) is 58.8 Å². The molecule has 25 heavy (non-hydrogen) atoms. The molecule has 0 bridgehead atoms. The van der Waals surface area contributed by atoms with Crippen LogP contribution in [0.15, 0.2) is 0 Å². The van der Waals surface area contributed by atoms with Gasteiger partial charge in [0.25, 0.3) is 0 Å². The van der Waals surface area contributed by atoms with Crippen molar-refractivity contribution in [3.63, 3.8) is 0 Å². The Bertz CT molecular complexity index is 518. The van der Waals surface area contributed by atoms with Crippen LogP contribution in [0, 0.1) is 17.3 Å². The van der Waals surface area contributed by atoms with Gasteiger partial charge in [-0.15, -0.1) is 0 Å². The van der Waals surface area contributed by atoms with E-state index >= 15 is 0 Å². The molecule has 2 atom stereocenters.